The molecule has 238 valence electrons. The Bertz CT molecular complexity index is 960. The number of hydrogen-bond donors (Lipinski definition) is 0. The molecule has 1 unspecified atom stereocenters. The number of methoxy groups -OCH3 is 1. The molecule has 2 aromatic rings. The molecule has 0 aliphatic carbocycles. The van der Waals surface area contributed by atoms with Crippen molar-refractivity contribution in [2.45, 2.75) is 117 Å². The molecule has 3 saturated heterocycles. The summed E-state index contributed by atoms with van der Waals surface area (Å²) in [6.45, 7) is 20.9. The standard InChI is InChI=1S/C17H27NOS.C15H23N3.2C2H6/c1-5-6-8-15-9-7-10-18(15)20-17-13(2)11-16(19-4)12-14(17)3;1-17-10-4-15(5-11-17)6-12-18(13-7-15)14-2-8-16-9-3-14;2*1-2/h11-12,15H,5-10H2,1-4H3;2-3,8-9H,4-7,10-13H2,1H3;2*1-2H3. The highest BCUT2D eigenvalue weighted by atomic mass is 32.2. The van der Waals surface area contributed by atoms with Gasteiger partial charge in [-0.2, -0.15) is 0 Å². The fourth-order valence-electron chi connectivity index (χ4n) is 6.33. The zero-order chi connectivity index (χ0) is 31.0. The summed E-state index contributed by atoms with van der Waals surface area (Å²) in [5, 5.41) is 0. The molecule has 1 aromatic carbocycles. The van der Waals surface area contributed by atoms with Crippen LogP contribution in [-0.4, -0.2) is 67.1 Å². The van der Waals surface area contributed by atoms with Gasteiger partial charge in [-0.1, -0.05) is 47.5 Å². The van der Waals surface area contributed by atoms with Crippen molar-refractivity contribution in [3.05, 3.63) is 47.8 Å². The molecule has 1 spiro atoms. The molecule has 42 heavy (non-hydrogen) atoms. The van der Waals surface area contributed by atoms with Gasteiger partial charge in [0, 0.05) is 48.7 Å². The number of unbranched alkanes of at least 4 members (excludes halogenated alkanes) is 1. The molecule has 4 heterocycles. The first-order valence-electron chi connectivity index (χ1n) is 16.9. The third kappa shape index (κ3) is 10.7. The van der Waals surface area contributed by atoms with Gasteiger partial charge in [-0.25, -0.2) is 4.31 Å². The van der Waals surface area contributed by atoms with Crippen molar-refractivity contribution < 1.29 is 4.74 Å². The molecule has 0 radical (unpaired) electrons. The zero-order valence-electron chi connectivity index (χ0n) is 28.5. The van der Waals surface area contributed by atoms with Gasteiger partial charge in [0.25, 0.3) is 0 Å². The average Bonchev–Trinajstić information content (AvgIpc) is 3.49. The van der Waals surface area contributed by atoms with Crippen LogP contribution in [0.1, 0.15) is 104 Å². The summed E-state index contributed by atoms with van der Waals surface area (Å²) in [6, 6.07) is 9.32. The smallest absolute Gasteiger partial charge is 0.119 e. The summed E-state index contributed by atoms with van der Waals surface area (Å²) < 4.78 is 7.96. The van der Waals surface area contributed by atoms with E-state index in [0.717, 1.165) is 11.8 Å². The van der Waals surface area contributed by atoms with Gasteiger partial charge in [0.2, 0.25) is 0 Å². The summed E-state index contributed by atoms with van der Waals surface area (Å²) >= 11 is 1.96. The molecule has 3 aliphatic heterocycles. The fraction of sp³-hybridized carbons (Fsp3) is 0.694. The minimum atomic E-state index is 0.649. The molecular formula is C36H62N4OS. The Morgan fingerprint density at radius 3 is 2.02 bits per heavy atom. The van der Waals surface area contributed by atoms with E-state index in [1.165, 1.54) is 112 Å². The molecule has 0 amide bonds. The third-order valence-electron chi connectivity index (χ3n) is 8.99. The second-order valence-electron chi connectivity index (χ2n) is 11.8. The molecule has 3 aliphatic rings. The minimum Gasteiger partial charge on any atom is -0.497 e. The fourth-order valence-corrected chi connectivity index (χ4v) is 7.55. The van der Waals surface area contributed by atoms with Gasteiger partial charge < -0.3 is 14.5 Å². The molecule has 5 rings (SSSR count). The normalized spacial score (nSPS) is 20.0. The van der Waals surface area contributed by atoms with Crippen molar-refractivity contribution in [2.24, 2.45) is 5.41 Å². The maximum absolute atomic E-state index is 5.35. The van der Waals surface area contributed by atoms with Crippen molar-refractivity contribution in [3.8, 4) is 5.75 Å². The van der Waals surface area contributed by atoms with E-state index in [2.05, 4.69) is 71.2 Å². The number of benzene rings is 1. The number of pyridine rings is 1. The number of aromatic nitrogens is 1. The SMILES string of the molecule is CC.CC.CCCCC1CCCN1Sc1c(C)cc(OC)cc1C.CN1CCC2(CC1)CCN(c1ccncc1)CC2. The molecule has 1 aromatic heterocycles. The number of aryl methyl sites for hydroxylation is 2. The van der Waals surface area contributed by atoms with E-state index in [1.807, 2.05) is 52.0 Å². The summed E-state index contributed by atoms with van der Waals surface area (Å²) in [5.74, 6) is 0.966. The second-order valence-corrected chi connectivity index (χ2v) is 12.8. The van der Waals surface area contributed by atoms with Gasteiger partial charge in [0.1, 0.15) is 5.75 Å². The molecule has 0 N–H and O–H groups in total. The third-order valence-corrected chi connectivity index (χ3v) is 10.5. The van der Waals surface area contributed by atoms with Crippen LogP contribution in [0.25, 0.3) is 0 Å². The van der Waals surface area contributed by atoms with Crippen LogP contribution in [-0.2, 0) is 0 Å². The number of hydrogen-bond acceptors (Lipinski definition) is 6. The van der Waals surface area contributed by atoms with Crippen molar-refractivity contribution in [1.29, 1.82) is 0 Å². The first-order valence-corrected chi connectivity index (χ1v) is 17.6. The summed E-state index contributed by atoms with van der Waals surface area (Å²) in [4.78, 5) is 10.5. The Kier molecular flexibility index (Phi) is 16.9. The van der Waals surface area contributed by atoms with Gasteiger partial charge >= 0.3 is 0 Å². The van der Waals surface area contributed by atoms with Gasteiger partial charge in [-0.15, -0.1) is 0 Å². The highest BCUT2D eigenvalue weighted by Gasteiger charge is 2.36. The van der Waals surface area contributed by atoms with Crippen LogP contribution in [0.5, 0.6) is 5.75 Å². The molecule has 5 nitrogen and oxygen atoms in total. The number of nitrogens with zero attached hydrogens (tertiary/aromatic N) is 4. The van der Waals surface area contributed by atoms with E-state index in [9.17, 15) is 0 Å². The van der Waals surface area contributed by atoms with Crippen molar-refractivity contribution in [2.75, 3.05) is 51.8 Å². The number of anilines is 1. The van der Waals surface area contributed by atoms with Gasteiger partial charge in [-0.3, -0.25) is 4.98 Å². The maximum Gasteiger partial charge on any atom is 0.119 e. The zero-order valence-corrected chi connectivity index (χ0v) is 29.4. The molecule has 3 fully saturated rings. The Balaban J connectivity index is 0.000000263. The molecule has 1 atom stereocenters. The maximum atomic E-state index is 5.35. The predicted octanol–water partition coefficient (Wildman–Crippen LogP) is 9.42. The molecular weight excluding hydrogens is 536 g/mol. The minimum absolute atomic E-state index is 0.649. The van der Waals surface area contributed by atoms with Crippen LogP contribution in [0.2, 0.25) is 0 Å². The van der Waals surface area contributed by atoms with Crippen LogP contribution in [0.15, 0.2) is 41.6 Å². The van der Waals surface area contributed by atoms with Gasteiger partial charge in [0.05, 0.1) is 7.11 Å². The second kappa shape index (κ2) is 19.5. The van der Waals surface area contributed by atoms with Crippen LogP contribution in [0.3, 0.4) is 0 Å². The Morgan fingerprint density at radius 2 is 1.48 bits per heavy atom. The lowest BCUT2D eigenvalue weighted by molar-refractivity contribution is 0.0945. The summed E-state index contributed by atoms with van der Waals surface area (Å²) in [7, 11) is 3.99. The Morgan fingerprint density at radius 1 is 0.905 bits per heavy atom. The topological polar surface area (TPSA) is 31.8 Å². The van der Waals surface area contributed by atoms with E-state index in [-0.39, 0.29) is 0 Å². The largest absolute Gasteiger partial charge is 0.497 e. The van der Waals surface area contributed by atoms with Crippen LogP contribution >= 0.6 is 11.9 Å². The van der Waals surface area contributed by atoms with Gasteiger partial charge in [0.15, 0.2) is 0 Å². The Labute approximate surface area is 263 Å². The van der Waals surface area contributed by atoms with E-state index in [4.69, 9.17) is 4.74 Å². The highest BCUT2D eigenvalue weighted by Crippen LogP contribution is 2.42. The number of rotatable bonds is 7. The molecule has 0 bridgehead atoms. The monoisotopic (exact) mass is 598 g/mol. The average molecular weight is 599 g/mol. The quantitative estimate of drug-likeness (QED) is 0.295. The highest BCUT2D eigenvalue weighted by molar-refractivity contribution is 7.97. The van der Waals surface area contributed by atoms with Crippen molar-refractivity contribution in [3.63, 3.8) is 0 Å². The molecule has 6 heteroatoms. The lowest BCUT2D eigenvalue weighted by atomic mass is 9.71. The lowest BCUT2D eigenvalue weighted by Gasteiger charge is -2.46. The van der Waals surface area contributed by atoms with Crippen LogP contribution < -0.4 is 9.64 Å². The van der Waals surface area contributed by atoms with Crippen molar-refractivity contribution >= 4 is 17.6 Å². The van der Waals surface area contributed by atoms with E-state index >= 15 is 0 Å². The first-order chi connectivity index (χ1) is 20.4. The predicted molar refractivity (Wildman–Crippen MR) is 185 cm³/mol. The van der Waals surface area contributed by atoms with Gasteiger partial charge in [-0.05, 0) is 132 Å². The number of likely N-dealkylation sites (tertiary alicyclic amines) is 1. The van der Waals surface area contributed by atoms with E-state index in [1.54, 1.807) is 7.11 Å². The number of ether oxygens (including phenoxy) is 1. The van der Waals surface area contributed by atoms with Crippen LogP contribution in [0, 0.1) is 19.3 Å². The summed E-state index contributed by atoms with van der Waals surface area (Å²) in [6.07, 6.45) is 16.0. The van der Waals surface area contributed by atoms with E-state index in [0.29, 0.717) is 5.41 Å². The van der Waals surface area contributed by atoms with Crippen LogP contribution in [0.4, 0.5) is 5.69 Å². The molecule has 0 saturated carbocycles. The van der Waals surface area contributed by atoms with E-state index < -0.39 is 0 Å². The summed E-state index contributed by atoms with van der Waals surface area (Å²) in [5.41, 5.74) is 4.64. The number of piperidine rings is 2. The lowest BCUT2D eigenvalue weighted by Crippen LogP contribution is -2.46. The first kappa shape index (κ1) is 36.4. The Hall–Kier alpha value is -1.76. The van der Waals surface area contributed by atoms with Crippen molar-refractivity contribution in [1.82, 2.24) is 14.2 Å².